The van der Waals surface area contributed by atoms with Gasteiger partial charge in [0.15, 0.2) is 16.7 Å². The molecule has 0 unspecified atom stereocenters. The first-order valence-corrected chi connectivity index (χ1v) is 12.5. The monoisotopic (exact) mass is 506 g/mol. The second-order valence-corrected chi connectivity index (χ2v) is 9.57. The number of hydrogen-bond acceptors (Lipinski definition) is 5. The Hall–Kier alpha value is -3.22. The van der Waals surface area contributed by atoms with E-state index in [0.29, 0.717) is 39.7 Å². The molecule has 0 aliphatic carbocycles. The molecule has 1 aliphatic heterocycles. The molecular formula is C28H27ClN2O3S. The standard InChI is InChI=1S/C28H27ClN2O3S/c1-5-31-27(32)25(35-28(31)30-26-18(2)7-6-8-19(26)3)16-21-11-14-23(24(15-21)33-4)34-17-20-9-12-22(29)13-10-20/h6-16H,5,17H2,1-4H3/b25-16+,30-28?. The van der Waals surface area contributed by atoms with Gasteiger partial charge in [0.25, 0.3) is 5.91 Å². The highest BCUT2D eigenvalue weighted by Gasteiger charge is 2.32. The van der Waals surface area contributed by atoms with Crippen molar-refractivity contribution < 1.29 is 14.3 Å². The first-order chi connectivity index (χ1) is 16.9. The fourth-order valence-corrected chi connectivity index (χ4v) is 4.91. The highest BCUT2D eigenvalue weighted by Crippen LogP contribution is 2.37. The molecule has 0 atom stereocenters. The Morgan fingerprint density at radius 3 is 2.40 bits per heavy atom. The quantitative estimate of drug-likeness (QED) is 0.319. The molecule has 1 aliphatic rings. The van der Waals surface area contributed by atoms with E-state index in [9.17, 15) is 4.79 Å². The summed E-state index contributed by atoms with van der Waals surface area (Å²) in [5.74, 6) is 1.17. The van der Waals surface area contributed by atoms with Gasteiger partial charge in [-0.25, -0.2) is 4.99 Å². The lowest BCUT2D eigenvalue weighted by Crippen LogP contribution is -2.28. The Balaban J connectivity index is 1.57. The van der Waals surface area contributed by atoms with Gasteiger partial charge in [-0.2, -0.15) is 0 Å². The predicted molar refractivity (Wildman–Crippen MR) is 145 cm³/mol. The van der Waals surface area contributed by atoms with Gasteiger partial charge >= 0.3 is 0 Å². The number of aryl methyl sites for hydroxylation is 2. The Labute approximate surface area is 215 Å². The molecule has 35 heavy (non-hydrogen) atoms. The van der Waals surface area contributed by atoms with Gasteiger partial charge in [0.05, 0.1) is 17.7 Å². The molecule has 0 radical (unpaired) electrons. The summed E-state index contributed by atoms with van der Waals surface area (Å²) in [4.78, 5) is 20.3. The number of aliphatic imine (C=N–C) groups is 1. The number of carbonyl (C=O) groups excluding carboxylic acids is 1. The van der Waals surface area contributed by atoms with Crippen LogP contribution in [0.25, 0.3) is 6.08 Å². The molecule has 0 saturated carbocycles. The van der Waals surface area contributed by atoms with Crippen LogP contribution in [0.2, 0.25) is 5.02 Å². The normalized spacial score (nSPS) is 15.8. The zero-order chi connectivity index (χ0) is 24.9. The summed E-state index contributed by atoms with van der Waals surface area (Å²) in [6.45, 7) is 6.96. The number of para-hydroxylation sites is 1. The van der Waals surface area contributed by atoms with Crippen molar-refractivity contribution in [3.8, 4) is 11.5 Å². The smallest absolute Gasteiger partial charge is 0.266 e. The summed E-state index contributed by atoms with van der Waals surface area (Å²) < 4.78 is 11.5. The van der Waals surface area contributed by atoms with Crippen molar-refractivity contribution in [2.24, 2.45) is 4.99 Å². The molecule has 5 nitrogen and oxygen atoms in total. The number of nitrogens with zero attached hydrogens (tertiary/aromatic N) is 2. The van der Waals surface area contributed by atoms with Gasteiger partial charge in [-0.05, 0) is 85.1 Å². The second-order valence-electron chi connectivity index (χ2n) is 8.12. The highest BCUT2D eigenvalue weighted by atomic mass is 35.5. The number of amidine groups is 1. The maximum atomic E-state index is 13.1. The summed E-state index contributed by atoms with van der Waals surface area (Å²) >= 11 is 7.34. The Bertz CT molecular complexity index is 1280. The molecule has 7 heteroatoms. The zero-order valence-corrected chi connectivity index (χ0v) is 21.7. The minimum absolute atomic E-state index is 0.0514. The molecule has 3 aromatic rings. The number of carbonyl (C=O) groups is 1. The van der Waals surface area contributed by atoms with Crippen LogP contribution < -0.4 is 9.47 Å². The van der Waals surface area contributed by atoms with Gasteiger partial charge in [-0.15, -0.1) is 0 Å². The lowest BCUT2D eigenvalue weighted by molar-refractivity contribution is -0.122. The molecule has 0 aromatic heterocycles. The molecule has 4 rings (SSSR count). The van der Waals surface area contributed by atoms with Crippen LogP contribution in [0, 0.1) is 13.8 Å². The van der Waals surface area contributed by atoms with Crippen LogP contribution >= 0.6 is 23.4 Å². The average molecular weight is 507 g/mol. The lowest BCUT2D eigenvalue weighted by atomic mass is 10.1. The second kappa shape index (κ2) is 11.0. The molecule has 1 amide bonds. The van der Waals surface area contributed by atoms with Crippen molar-refractivity contribution in [2.75, 3.05) is 13.7 Å². The number of likely N-dealkylation sites (N-methyl/N-ethyl adjacent to an activating group) is 1. The largest absolute Gasteiger partial charge is 0.493 e. The van der Waals surface area contributed by atoms with Gasteiger partial charge in [0.2, 0.25) is 0 Å². The number of amides is 1. The third-order valence-corrected chi connectivity index (χ3v) is 6.90. The molecule has 3 aromatic carbocycles. The van der Waals surface area contributed by atoms with Crippen molar-refractivity contribution >= 4 is 46.2 Å². The molecule has 0 spiro atoms. The Morgan fingerprint density at radius 1 is 1.03 bits per heavy atom. The van der Waals surface area contributed by atoms with E-state index in [4.69, 9.17) is 26.1 Å². The van der Waals surface area contributed by atoms with E-state index >= 15 is 0 Å². The van der Waals surface area contributed by atoms with E-state index in [1.165, 1.54) is 11.8 Å². The van der Waals surface area contributed by atoms with Crippen LogP contribution in [0.1, 0.15) is 29.2 Å². The fourth-order valence-electron chi connectivity index (χ4n) is 3.73. The van der Waals surface area contributed by atoms with E-state index in [1.807, 2.05) is 87.5 Å². The number of methoxy groups -OCH3 is 1. The van der Waals surface area contributed by atoms with Crippen LogP contribution in [-0.4, -0.2) is 29.6 Å². The Morgan fingerprint density at radius 2 is 1.74 bits per heavy atom. The molecule has 0 bridgehead atoms. The SMILES string of the molecule is CCN1C(=O)/C(=C\c2ccc(OCc3ccc(Cl)cc3)c(OC)c2)SC1=Nc1c(C)cccc1C. The van der Waals surface area contributed by atoms with Crippen molar-refractivity contribution in [1.29, 1.82) is 0 Å². The van der Waals surface area contributed by atoms with E-state index in [1.54, 1.807) is 12.0 Å². The number of benzene rings is 3. The summed E-state index contributed by atoms with van der Waals surface area (Å²) in [5, 5.41) is 1.38. The topological polar surface area (TPSA) is 51.1 Å². The minimum Gasteiger partial charge on any atom is -0.493 e. The summed E-state index contributed by atoms with van der Waals surface area (Å²) in [7, 11) is 1.60. The lowest BCUT2D eigenvalue weighted by Gasteiger charge is -2.13. The minimum atomic E-state index is -0.0514. The van der Waals surface area contributed by atoms with E-state index < -0.39 is 0 Å². The van der Waals surface area contributed by atoms with Crippen molar-refractivity contribution in [1.82, 2.24) is 4.90 Å². The maximum Gasteiger partial charge on any atom is 0.266 e. The molecule has 1 saturated heterocycles. The fraction of sp³-hybridized carbons (Fsp3) is 0.214. The van der Waals surface area contributed by atoms with Gasteiger partial charge in [0, 0.05) is 11.6 Å². The molecule has 180 valence electrons. The van der Waals surface area contributed by atoms with Crippen LogP contribution in [0.4, 0.5) is 5.69 Å². The van der Waals surface area contributed by atoms with Crippen LogP contribution in [0.5, 0.6) is 11.5 Å². The van der Waals surface area contributed by atoms with Crippen molar-refractivity contribution in [3.63, 3.8) is 0 Å². The third-order valence-electron chi connectivity index (χ3n) is 5.64. The first kappa shape index (κ1) is 24.9. The number of halogens is 1. The molecule has 1 heterocycles. The molecular weight excluding hydrogens is 480 g/mol. The van der Waals surface area contributed by atoms with Gasteiger partial charge in [-0.3, -0.25) is 9.69 Å². The average Bonchev–Trinajstić information content (AvgIpc) is 3.15. The maximum absolute atomic E-state index is 13.1. The van der Waals surface area contributed by atoms with Gasteiger partial charge < -0.3 is 9.47 Å². The van der Waals surface area contributed by atoms with Crippen LogP contribution in [-0.2, 0) is 11.4 Å². The molecule has 0 N–H and O–H groups in total. The number of hydrogen-bond donors (Lipinski definition) is 0. The Kier molecular flexibility index (Phi) is 7.83. The van der Waals surface area contributed by atoms with E-state index in [0.717, 1.165) is 27.9 Å². The van der Waals surface area contributed by atoms with E-state index in [-0.39, 0.29) is 5.91 Å². The van der Waals surface area contributed by atoms with Gasteiger partial charge in [0.1, 0.15) is 6.61 Å². The predicted octanol–water partition coefficient (Wildman–Crippen LogP) is 7.17. The summed E-state index contributed by atoms with van der Waals surface area (Å²) in [5.41, 5.74) is 4.93. The molecule has 1 fully saturated rings. The zero-order valence-electron chi connectivity index (χ0n) is 20.2. The third kappa shape index (κ3) is 5.72. The van der Waals surface area contributed by atoms with Crippen LogP contribution in [0.3, 0.4) is 0 Å². The number of rotatable bonds is 7. The summed E-state index contributed by atoms with van der Waals surface area (Å²) in [6, 6.07) is 19.2. The van der Waals surface area contributed by atoms with Crippen molar-refractivity contribution in [2.45, 2.75) is 27.4 Å². The first-order valence-electron chi connectivity index (χ1n) is 11.3. The van der Waals surface area contributed by atoms with Crippen molar-refractivity contribution in [3.05, 3.63) is 92.8 Å². The number of ether oxygens (including phenoxy) is 2. The van der Waals surface area contributed by atoms with E-state index in [2.05, 4.69) is 0 Å². The number of thioether (sulfide) groups is 1. The van der Waals surface area contributed by atoms with Gasteiger partial charge in [-0.1, -0.05) is 48.0 Å². The summed E-state index contributed by atoms with van der Waals surface area (Å²) in [6.07, 6.45) is 1.87. The highest BCUT2D eigenvalue weighted by molar-refractivity contribution is 8.18. The van der Waals surface area contributed by atoms with Crippen LogP contribution in [0.15, 0.2) is 70.6 Å².